The molecule has 0 bridgehead atoms. The van der Waals surface area contributed by atoms with Crippen molar-refractivity contribution in [3.05, 3.63) is 35.1 Å². The zero-order valence-electron chi connectivity index (χ0n) is 11.5. The number of hydrogen-bond donors (Lipinski definition) is 2. The van der Waals surface area contributed by atoms with Gasteiger partial charge in [0.25, 0.3) is 0 Å². The Morgan fingerprint density at radius 3 is 2.20 bits per heavy atom. The predicted molar refractivity (Wildman–Crippen MR) is 67.4 cm³/mol. The van der Waals surface area contributed by atoms with E-state index in [4.69, 9.17) is 0 Å². The van der Waals surface area contributed by atoms with Gasteiger partial charge in [0.2, 0.25) is 5.91 Å². The van der Waals surface area contributed by atoms with E-state index >= 15 is 0 Å². The lowest BCUT2D eigenvalue weighted by Crippen LogP contribution is -2.43. The van der Waals surface area contributed by atoms with Gasteiger partial charge in [-0.15, -0.1) is 0 Å². The molecule has 0 radical (unpaired) electrons. The Hall–Kier alpha value is -1.60. The second-order valence-corrected chi connectivity index (χ2v) is 4.68. The van der Waals surface area contributed by atoms with Crippen LogP contribution in [0.2, 0.25) is 0 Å². The molecule has 0 fully saturated rings. The second-order valence-electron chi connectivity index (χ2n) is 4.68. The lowest BCUT2D eigenvalue weighted by molar-refractivity contribution is -0.126. The third-order valence-electron chi connectivity index (χ3n) is 3.06. The first-order valence-electron chi connectivity index (χ1n) is 6.00. The minimum absolute atomic E-state index is 0.0387. The molecule has 1 amide bonds. The van der Waals surface area contributed by atoms with Crippen molar-refractivity contribution in [2.45, 2.75) is 19.0 Å². The van der Waals surface area contributed by atoms with E-state index in [9.17, 15) is 23.1 Å². The normalized spacial score (nSPS) is 14.2. The van der Waals surface area contributed by atoms with E-state index in [1.807, 2.05) is 0 Å². The molecular formula is C13H17F3N2O2. The van der Waals surface area contributed by atoms with Gasteiger partial charge in [-0.2, -0.15) is 0 Å². The lowest BCUT2D eigenvalue weighted by Gasteiger charge is -2.23. The fourth-order valence-electron chi connectivity index (χ4n) is 1.54. The first kappa shape index (κ1) is 16.5. The van der Waals surface area contributed by atoms with Gasteiger partial charge in [-0.1, -0.05) is 0 Å². The van der Waals surface area contributed by atoms with E-state index in [0.717, 1.165) is 12.1 Å². The summed E-state index contributed by atoms with van der Waals surface area (Å²) in [6, 6.07) is 0.00786. The van der Waals surface area contributed by atoms with Gasteiger partial charge in [0.05, 0.1) is 18.7 Å². The van der Waals surface area contributed by atoms with E-state index in [0.29, 0.717) is 0 Å². The van der Waals surface area contributed by atoms with Gasteiger partial charge in [0.15, 0.2) is 17.5 Å². The number of aliphatic hydroxyl groups excluding tert-OH is 1. The smallest absolute Gasteiger partial charge is 0.237 e. The number of benzene rings is 1. The van der Waals surface area contributed by atoms with Crippen molar-refractivity contribution in [3.8, 4) is 0 Å². The van der Waals surface area contributed by atoms with Crippen LogP contribution in [0.3, 0.4) is 0 Å². The van der Waals surface area contributed by atoms with Crippen LogP contribution in [0.4, 0.5) is 13.2 Å². The van der Waals surface area contributed by atoms with Gasteiger partial charge in [-0.25, -0.2) is 13.2 Å². The van der Waals surface area contributed by atoms with Crippen LogP contribution in [0.25, 0.3) is 0 Å². The third-order valence-corrected chi connectivity index (χ3v) is 3.06. The van der Waals surface area contributed by atoms with Crippen LogP contribution < -0.4 is 5.32 Å². The standard InChI is InChI=1S/C13H17F3N2O2/c1-7(18(2)3)13(20)17-11(6-19)8-4-9(14)12(16)10(15)5-8/h4-5,7,11,19H,6H2,1-3H3,(H,17,20)/t7-,11?/m0/s1. The zero-order chi connectivity index (χ0) is 15.4. The second kappa shape index (κ2) is 6.71. The molecule has 0 aromatic heterocycles. The van der Waals surface area contributed by atoms with Gasteiger partial charge in [-0.3, -0.25) is 9.69 Å². The van der Waals surface area contributed by atoms with Crippen LogP contribution in [-0.4, -0.2) is 42.7 Å². The molecule has 1 aromatic carbocycles. The molecule has 20 heavy (non-hydrogen) atoms. The van der Waals surface area contributed by atoms with Crippen LogP contribution in [0, 0.1) is 17.5 Å². The molecule has 0 heterocycles. The Labute approximate surface area is 115 Å². The number of likely N-dealkylation sites (N-methyl/N-ethyl adjacent to an activating group) is 1. The molecule has 1 rings (SSSR count). The van der Waals surface area contributed by atoms with Gasteiger partial charge < -0.3 is 10.4 Å². The molecule has 112 valence electrons. The summed E-state index contributed by atoms with van der Waals surface area (Å²) in [5.74, 6) is -4.74. The van der Waals surface area contributed by atoms with Crippen LogP contribution in [0.1, 0.15) is 18.5 Å². The Morgan fingerprint density at radius 1 is 1.30 bits per heavy atom. The monoisotopic (exact) mass is 290 g/mol. The molecule has 0 saturated carbocycles. The highest BCUT2D eigenvalue weighted by molar-refractivity contribution is 5.81. The molecule has 2 atom stereocenters. The Balaban J connectivity index is 2.94. The van der Waals surface area contributed by atoms with Gasteiger partial charge in [-0.05, 0) is 38.7 Å². The SMILES string of the molecule is C[C@@H](C(=O)NC(CO)c1cc(F)c(F)c(F)c1)N(C)C. The van der Waals surface area contributed by atoms with Crippen molar-refractivity contribution in [1.82, 2.24) is 10.2 Å². The number of nitrogens with zero attached hydrogens (tertiary/aromatic N) is 1. The van der Waals surface area contributed by atoms with Crippen molar-refractivity contribution >= 4 is 5.91 Å². The summed E-state index contributed by atoms with van der Waals surface area (Å²) in [7, 11) is 3.38. The van der Waals surface area contributed by atoms with Crippen molar-refractivity contribution in [2.24, 2.45) is 0 Å². The van der Waals surface area contributed by atoms with Crippen molar-refractivity contribution < 1.29 is 23.1 Å². The summed E-state index contributed by atoms with van der Waals surface area (Å²) < 4.78 is 39.2. The molecule has 0 spiro atoms. The molecule has 1 unspecified atom stereocenters. The molecule has 7 heteroatoms. The molecule has 0 aliphatic heterocycles. The van der Waals surface area contributed by atoms with Crippen molar-refractivity contribution in [3.63, 3.8) is 0 Å². The minimum Gasteiger partial charge on any atom is -0.394 e. The molecular weight excluding hydrogens is 273 g/mol. The summed E-state index contributed by atoms with van der Waals surface area (Å²) in [5, 5.41) is 11.7. The molecule has 2 N–H and O–H groups in total. The number of aliphatic hydroxyl groups is 1. The van der Waals surface area contributed by atoms with E-state index in [-0.39, 0.29) is 5.56 Å². The fraction of sp³-hybridized carbons (Fsp3) is 0.462. The Bertz CT molecular complexity index is 471. The summed E-state index contributed by atoms with van der Waals surface area (Å²) in [6.45, 7) is 1.08. The van der Waals surface area contributed by atoms with E-state index < -0.39 is 42.0 Å². The topological polar surface area (TPSA) is 52.6 Å². The maximum atomic E-state index is 13.1. The summed E-state index contributed by atoms with van der Waals surface area (Å²) in [6.07, 6.45) is 0. The highest BCUT2D eigenvalue weighted by Crippen LogP contribution is 2.19. The van der Waals surface area contributed by atoms with E-state index in [1.165, 1.54) is 0 Å². The van der Waals surface area contributed by atoms with Crippen LogP contribution in [0.15, 0.2) is 12.1 Å². The van der Waals surface area contributed by atoms with Crippen molar-refractivity contribution in [1.29, 1.82) is 0 Å². The molecule has 0 saturated heterocycles. The van der Waals surface area contributed by atoms with Gasteiger partial charge >= 0.3 is 0 Å². The number of carbonyl (C=O) groups excluding carboxylic acids is 1. The molecule has 0 aliphatic rings. The van der Waals surface area contributed by atoms with Crippen LogP contribution in [0.5, 0.6) is 0 Å². The van der Waals surface area contributed by atoms with E-state index in [2.05, 4.69) is 5.32 Å². The number of amides is 1. The average molecular weight is 290 g/mol. The quantitative estimate of drug-likeness (QED) is 0.801. The van der Waals surface area contributed by atoms with Gasteiger partial charge in [0, 0.05) is 0 Å². The Morgan fingerprint density at radius 2 is 1.80 bits per heavy atom. The Kier molecular flexibility index (Phi) is 5.52. The predicted octanol–water partition coefficient (Wildman–Crippen LogP) is 1.20. The maximum absolute atomic E-state index is 13.1. The minimum atomic E-state index is -1.58. The van der Waals surface area contributed by atoms with Gasteiger partial charge in [0.1, 0.15) is 0 Å². The van der Waals surface area contributed by atoms with Crippen LogP contribution >= 0.6 is 0 Å². The highest BCUT2D eigenvalue weighted by atomic mass is 19.2. The largest absolute Gasteiger partial charge is 0.394 e. The third kappa shape index (κ3) is 3.71. The molecule has 0 aliphatic carbocycles. The lowest BCUT2D eigenvalue weighted by atomic mass is 10.1. The van der Waals surface area contributed by atoms with Crippen molar-refractivity contribution in [2.75, 3.05) is 20.7 Å². The molecule has 1 aromatic rings. The maximum Gasteiger partial charge on any atom is 0.237 e. The first-order valence-corrected chi connectivity index (χ1v) is 6.00. The number of rotatable bonds is 5. The molecule has 4 nitrogen and oxygen atoms in total. The number of hydrogen-bond acceptors (Lipinski definition) is 3. The highest BCUT2D eigenvalue weighted by Gasteiger charge is 2.22. The fourth-order valence-corrected chi connectivity index (χ4v) is 1.54. The number of carbonyl (C=O) groups is 1. The average Bonchev–Trinajstić information content (AvgIpc) is 2.40. The number of halogens is 3. The summed E-state index contributed by atoms with van der Waals surface area (Å²) in [5.41, 5.74) is -0.0387. The van der Waals surface area contributed by atoms with Crippen LogP contribution in [-0.2, 0) is 4.79 Å². The first-order chi connectivity index (χ1) is 9.27. The summed E-state index contributed by atoms with van der Waals surface area (Å²) >= 11 is 0. The number of nitrogens with one attached hydrogen (secondary N) is 1. The summed E-state index contributed by atoms with van der Waals surface area (Å²) in [4.78, 5) is 13.5. The van der Waals surface area contributed by atoms with E-state index in [1.54, 1.807) is 25.9 Å². The zero-order valence-corrected chi connectivity index (χ0v) is 11.5.